The number of nitrogens with two attached hydrogens (primary N) is 1. The van der Waals surface area contributed by atoms with Crippen molar-refractivity contribution in [2.24, 2.45) is 5.73 Å². The summed E-state index contributed by atoms with van der Waals surface area (Å²) < 4.78 is 11.0. The highest BCUT2D eigenvalue weighted by Gasteiger charge is 2.21. The van der Waals surface area contributed by atoms with Gasteiger partial charge < -0.3 is 25.8 Å². The molecule has 8 nitrogen and oxygen atoms in total. The maximum absolute atomic E-state index is 12.8. The molecule has 0 atom stereocenters. The zero-order valence-corrected chi connectivity index (χ0v) is 19.4. The quantitative estimate of drug-likeness (QED) is 0.410. The van der Waals surface area contributed by atoms with E-state index in [2.05, 4.69) is 15.6 Å². The number of carbonyl (C=O) groups excluding carboxylic acids is 2. The van der Waals surface area contributed by atoms with E-state index in [1.54, 1.807) is 31.4 Å². The zero-order chi connectivity index (χ0) is 23.9. The Morgan fingerprint density at radius 1 is 1.06 bits per heavy atom. The third-order valence-electron chi connectivity index (χ3n) is 5.10. The van der Waals surface area contributed by atoms with Gasteiger partial charge in [-0.2, -0.15) is 0 Å². The number of rotatable bonds is 9. The van der Waals surface area contributed by atoms with Crippen molar-refractivity contribution in [3.63, 3.8) is 0 Å². The molecule has 174 valence electrons. The predicted octanol–water partition coefficient (Wildman–Crippen LogP) is 4.75. The van der Waals surface area contributed by atoms with Crippen molar-refractivity contribution in [2.75, 3.05) is 17.7 Å². The van der Waals surface area contributed by atoms with Crippen LogP contribution in [0.2, 0.25) is 0 Å². The fourth-order valence-electron chi connectivity index (χ4n) is 3.28. The Morgan fingerprint density at radius 2 is 1.82 bits per heavy atom. The van der Waals surface area contributed by atoms with Gasteiger partial charge in [0.2, 0.25) is 0 Å². The minimum absolute atomic E-state index is 0.00759. The lowest BCUT2D eigenvalue weighted by molar-refractivity contribution is -0.113. The predicted molar refractivity (Wildman–Crippen MR) is 132 cm³/mol. The Morgan fingerprint density at radius 3 is 2.47 bits per heavy atom. The van der Waals surface area contributed by atoms with Crippen LogP contribution in [0, 0.1) is 0 Å². The lowest BCUT2D eigenvalue weighted by Gasteiger charge is -2.15. The van der Waals surface area contributed by atoms with Gasteiger partial charge in [0.1, 0.15) is 17.4 Å². The van der Waals surface area contributed by atoms with Gasteiger partial charge in [0.05, 0.1) is 12.9 Å². The van der Waals surface area contributed by atoms with Crippen LogP contribution in [0.3, 0.4) is 0 Å². The van der Waals surface area contributed by atoms with Crippen molar-refractivity contribution >= 4 is 39.0 Å². The topological polar surface area (TPSA) is 116 Å². The van der Waals surface area contributed by atoms with E-state index in [0.29, 0.717) is 35.2 Å². The van der Waals surface area contributed by atoms with Crippen molar-refractivity contribution in [2.45, 2.75) is 19.4 Å². The zero-order valence-electron chi connectivity index (χ0n) is 18.5. The largest absolute Gasteiger partial charge is 0.497 e. The molecule has 1 aliphatic carbocycles. The summed E-state index contributed by atoms with van der Waals surface area (Å²) in [6.45, 7) is 0.481. The Bertz CT molecular complexity index is 1230. The molecule has 0 saturated heterocycles. The van der Waals surface area contributed by atoms with Crippen LogP contribution < -0.4 is 21.1 Å². The summed E-state index contributed by atoms with van der Waals surface area (Å²) in [6.07, 6.45) is 4.68. The van der Waals surface area contributed by atoms with Gasteiger partial charge in [0.15, 0.2) is 10.8 Å². The molecule has 4 N–H and O–H groups in total. The number of hydrogen-bond acceptors (Lipinski definition) is 7. The van der Waals surface area contributed by atoms with Gasteiger partial charge in [-0.25, -0.2) is 4.98 Å². The molecule has 34 heavy (non-hydrogen) atoms. The van der Waals surface area contributed by atoms with Crippen molar-refractivity contribution in [3.8, 4) is 5.75 Å². The van der Waals surface area contributed by atoms with E-state index in [0.717, 1.165) is 34.1 Å². The molecule has 2 amide bonds. The van der Waals surface area contributed by atoms with Gasteiger partial charge in [-0.1, -0.05) is 47.7 Å². The molecule has 0 fully saturated rings. The van der Waals surface area contributed by atoms with Gasteiger partial charge in [0, 0.05) is 17.7 Å². The molecular weight excluding hydrogens is 452 g/mol. The second kappa shape index (κ2) is 10.7. The van der Waals surface area contributed by atoms with Crippen LogP contribution in [0.15, 0.2) is 78.1 Å². The van der Waals surface area contributed by atoms with Gasteiger partial charge in [0.25, 0.3) is 11.8 Å². The number of carbonyl (C=O) groups is 2. The monoisotopic (exact) mass is 476 g/mol. The van der Waals surface area contributed by atoms with Crippen LogP contribution in [0.5, 0.6) is 5.75 Å². The second-order valence-electron chi connectivity index (χ2n) is 7.47. The normalized spacial score (nSPS) is 12.9. The van der Waals surface area contributed by atoms with Crippen molar-refractivity contribution in [1.82, 2.24) is 4.98 Å². The van der Waals surface area contributed by atoms with Crippen LogP contribution in [-0.4, -0.2) is 23.9 Å². The average molecular weight is 477 g/mol. The lowest BCUT2D eigenvalue weighted by Crippen LogP contribution is -2.19. The number of primary amides is 1. The van der Waals surface area contributed by atoms with E-state index in [1.807, 2.05) is 42.5 Å². The summed E-state index contributed by atoms with van der Waals surface area (Å²) in [5.74, 6) is 0.518. The molecule has 4 rings (SSSR count). The van der Waals surface area contributed by atoms with E-state index >= 15 is 0 Å². The highest BCUT2D eigenvalue weighted by molar-refractivity contribution is 7.20. The van der Waals surface area contributed by atoms with Crippen molar-refractivity contribution in [3.05, 3.63) is 89.3 Å². The third-order valence-corrected chi connectivity index (χ3v) is 5.98. The van der Waals surface area contributed by atoms with Crippen molar-refractivity contribution in [1.29, 1.82) is 0 Å². The molecule has 0 aliphatic heterocycles. The molecule has 1 heterocycles. The Labute approximate surface area is 201 Å². The Kier molecular flexibility index (Phi) is 7.24. The number of nitrogens with one attached hydrogen (secondary N) is 2. The van der Waals surface area contributed by atoms with Gasteiger partial charge in [-0.15, -0.1) is 0 Å². The van der Waals surface area contributed by atoms with Gasteiger partial charge in [-0.3, -0.25) is 9.59 Å². The minimum atomic E-state index is -0.719. The van der Waals surface area contributed by atoms with E-state index in [-0.39, 0.29) is 11.6 Å². The molecule has 0 bridgehead atoms. The fraction of sp³-hybridized carbons (Fsp3) is 0.160. The summed E-state index contributed by atoms with van der Waals surface area (Å²) in [5.41, 5.74) is 7.91. The van der Waals surface area contributed by atoms with Gasteiger partial charge in [-0.05, 0) is 42.3 Å². The number of thiazole rings is 1. The van der Waals surface area contributed by atoms with Crippen LogP contribution >= 0.6 is 11.3 Å². The lowest BCUT2D eigenvalue weighted by atomic mass is 10.0. The van der Waals surface area contributed by atoms with Crippen LogP contribution in [0.25, 0.3) is 0 Å². The first-order chi connectivity index (χ1) is 16.5. The van der Waals surface area contributed by atoms with E-state index in [9.17, 15) is 9.59 Å². The standard InChI is InChI=1S/C25H24N4O4S/c1-32-19-13-9-18(10-14-19)27-25-28-21(22(26)30)24(34-25)29-23(31)17-7-11-20(12-8-17)33-15-16-5-3-2-4-6-16/h2-7,9-11,13-14H,8,12,15H2,1H3,(H2,26,30)(H,27,28)(H,29,31). The number of amides is 2. The fourth-order valence-corrected chi connectivity index (χ4v) is 4.17. The number of methoxy groups -OCH3 is 1. The highest BCUT2D eigenvalue weighted by atomic mass is 32.1. The Balaban J connectivity index is 1.41. The summed E-state index contributed by atoms with van der Waals surface area (Å²) >= 11 is 1.14. The molecule has 3 aromatic rings. The Hall–Kier alpha value is -4.11. The summed E-state index contributed by atoms with van der Waals surface area (Å²) in [7, 11) is 1.59. The van der Waals surface area contributed by atoms with E-state index in [4.69, 9.17) is 15.2 Å². The molecule has 2 aromatic carbocycles. The SMILES string of the molecule is COc1ccc(Nc2nc(C(N)=O)c(NC(=O)C3=CC=C(OCc4ccccc4)CC3)s2)cc1. The number of ether oxygens (including phenoxy) is 2. The molecule has 1 aliphatic rings. The third kappa shape index (κ3) is 5.81. The molecule has 0 unspecified atom stereocenters. The maximum atomic E-state index is 12.8. The molecular formula is C25H24N4O4S. The van der Waals surface area contributed by atoms with E-state index in [1.165, 1.54) is 0 Å². The van der Waals surface area contributed by atoms with Crippen LogP contribution in [0.1, 0.15) is 28.9 Å². The first-order valence-electron chi connectivity index (χ1n) is 10.6. The minimum Gasteiger partial charge on any atom is -0.497 e. The summed E-state index contributed by atoms with van der Waals surface area (Å²) in [4.78, 5) is 28.9. The smallest absolute Gasteiger partial charge is 0.270 e. The number of anilines is 3. The maximum Gasteiger partial charge on any atom is 0.270 e. The molecule has 0 radical (unpaired) electrons. The number of nitrogens with zero attached hydrogens (tertiary/aromatic N) is 1. The van der Waals surface area contributed by atoms with Crippen LogP contribution in [0.4, 0.5) is 15.8 Å². The first kappa shape index (κ1) is 23.1. The number of aromatic nitrogens is 1. The molecule has 1 aromatic heterocycles. The number of benzene rings is 2. The van der Waals surface area contributed by atoms with Crippen molar-refractivity contribution < 1.29 is 19.1 Å². The van der Waals surface area contributed by atoms with Gasteiger partial charge >= 0.3 is 0 Å². The first-order valence-corrected chi connectivity index (χ1v) is 11.4. The average Bonchev–Trinajstić information content (AvgIpc) is 3.26. The molecule has 0 saturated carbocycles. The summed E-state index contributed by atoms with van der Waals surface area (Å²) in [6, 6.07) is 17.1. The summed E-state index contributed by atoms with van der Waals surface area (Å²) in [5, 5.41) is 6.62. The second-order valence-corrected chi connectivity index (χ2v) is 8.47. The molecule has 9 heteroatoms. The number of hydrogen-bond donors (Lipinski definition) is 3. The highest BCUT2D eigenvalue weighted by Crippen LogP contribution is 2.32. The molecule has 0 spiro atoms. The number of allylic oxidation sites excluding steroid dienone is 3. The van der Waals surface area contributed by atoms with Crippen LogP contribution in [-0.2, 0) is 16.1 Å². The van der Waals surface area contributed by atoms with E-state index < -0.39 is 5.91 Å².